The Balaban J connectivity index is 2.27. The number of pyridine rings is 1. The quantitative estimate of drug-likeness (QED) is 0.492. The Morgan fingerprint density at radius 2 is 1.90 bits per heavy atom. The van der Waals surface area contributed by atoms with Crippen molar-refractivity contribution in [2.75, 3.05) is 0 Å². The van der Waals surface area contributed by atoms with Gasteiger partial charge in [-0.25, -0.2) is 4.98 Å². The summed E-state index contributed by atoms with van der Waals surface area (Å²) in [6.07, 6.45) is 0. The molecule has 0 unspecified atom stereocenters. The molecule has 3 rings (SSSR count). The first-order valence-corrected chi connectivity index (χ1v) is 7.17. The van der Waals surface area contributed by atoms with Gasteiger partial charge in [0.05, 0.1) is 16.1 Å². The molecule has 0 saturated heterocycles. The van der Waals surface area contributed by atoms with E-state index in [2.05, 4.69) is 20.9 Å². The number of non-ortho nitro benzene ring substituents is 1. The Labute approximate surface area is 129 Å². The van der Waals surface area contributed by atoms with E-state index < -0.39 is 4.92 Å². The zero-order chi connectivity index (χ0) is 15.0. The number of hydrogen-bond donors (Lipinski definition) is 0. The van der Waals surface area contributed by atoms with E-state index in [1.54, 1.807) is 12.1 Å². The zero-order valence-corrected chi connectivity index (χ0v) is 12.8. The molecule has 0 N–H and O–H groups in total. The summed E-state index contributed by atoms with van der Waals surface area (Å²) in [7, 11) is 0. The summed E-state index contributed by atoms with van der Waals surface area (Å²) < 4.78 is 0.863. The summed E-state index contributed by atoms with van der Waals surface area (Å²) in [6, 6.07) is 14.4. The van der Waals surface area contributed by atoms with Gasteiger partial charge in [0.15, 0.2) is 0 Å². The molecule has 0 amide bonds. The van der Waals surface area contributed by atoms with Gasteiger partial charge < -0.3 is 0 Å². The molecule has 0 aliphatic heterocycles. The summed E-state index contributed by atoms with van der Waals surface area (Å²) in [6.45, 7) is 2.01. The normalized spacial score (nSPS) is 10.8. The van der Waals surface area contributed by atoms with Crippen LogP contribution in [-0.2, 0) is 0 Å². The van der Waals surface area contributed by atoms with Crippen LogP contribution in [0.5, 0.6) is 0 Å². The first-order chi connectivity index (χ1) is 10.1. The molecule has 1 heterocycles. The van der Waals surface area contributed by atoms with Crippen LogP contribution in [0.3, 0.4) is 0 Å². The molecule has 3 aromatic rings. The number of fused-ring (bicyclic) bond motifs is 1. The molecular formula is C16H11BrN2O2. The Bertz CT molecular complexity index is 862. The lowest BCUT2D eigenvalue weighted by molar-refractivity contribution is -0.384. The summed E-state index contributed by atoms with van der Waals surface area (Å²) >= 11 is 3.57. The number of hydrogen-bond acceptors (Lipinski definition) is 3. The van der Waals surface area contributed by atoms with E-state index in [0.717, 1.165) is 32.2 Å². The zero-order valence-electron chi connectivity index (χ0n) is 11.2. The maximum atomic E-state index is 10.9. The predicted molar refractivity (Wildman–Crippen MR) is 86.3 cm³/mol. The third-order valence-corrected chi connectivity index (χ3v) is 4.38. The molecule has 0 fully saturated rings. The number of halogens is 1. The lowest BCUT2D eigenvalue weighted by Gasteiger charge is -2.10. The molecule has 0 aliphatic carbocycles. The SMILES string of the molecule is Cc1c(Br)c(-c2cccc([N+](=O)[O-])c2)nc2ccccc12. The van der Waals surface area contributed by atoms with Crippen LogP contribution < -0.4 is 0 Å². The highest BCUT2D eigenvalue weighted by atomic mass is 79.9. The van der Waals surface area contributed by atoms with E-state index in [4.69, 9.17) is 0 Å². The average Bonchev–Trinajstić information content (AvgIpc) is 2.51. The molecule has 4 nitrogen and oxygen atoms in total. The summed E-state index contributed by atoms with van der Waals surface area (Å²) in [4.78, 5) is 15.2. The fourth-order valence-corrected chi connectivity index (χ4v) is 2.84. The standard InChI is InChI=1S/C16H11BrN2O2/c1-10-13-7-2-3-8-14(13)18-16(15(10)17)11-5-4-6-12(9-11)19(20)21/h2-9H,1H3. The Hall–Kier alpha value is -2.27. The van der Waals surface area contributed by atoms with Crippen LogP contribution in [0.4, 0.5) is 5.69 Å². The van der Waals surface area contributed by atoms with Crippen molar-refractivity contribution in [1.29, 1.82) is 0 Å². The molecule has 0 bridgehead atoms. The van der Waals surface area contributed by atoms with Crippen LogP contribution in [0.2, 0.25) is 0 Å². The van der Waals surface area contributed by atoms with Crippen molar-refractivity contribution in [3.63, 3.8) is 0 Å². The van der Waals surface area contributed by atoms with Crippen LogP contribution in [0.1, 0.15) is 5.56 Å². The highest BCUT2D eigenvalue weighted by molar-refractivity contribution is 9.10. The van der Waals surface area contributed by atoms with Gasteiger partial charge in [-0.05, 0) is 34.5 Å². The van der Waals surface area contributed by atoms with E-state index >= 15 is 0 Å². The summed E-state index contributed by atoms with van der Waals surface area (Å²) in [5.41, 5.74) is 3.45. The van der Waals surface area contributed by atoms with Gasteiger partial charge in [0.2, 0.25) is 0 Å². The van der Waals surface area contributed by atoms with Crippen molar-refractivity contribution < 1.29 is 4.92 Å². The minimum Gasteiger partial charge on any atom is -0.258 e. The van der Waals surface area contributed by atoms with Gasteiger partial charge in [-0.1, -0.05) is 30.3 Å². The fourth-order valence-electron chi connectivity index (χ4n) is 2.31. The van der Waals surface area contributed by atoms with Gasteiger partial charge in [0.1, 0.15) is 0 Å². The number of benzene rings is 2. The minimum atomic E-state index is -0.398. The van der Waals surface area contributed by atoms with E-state index in [1.165, 1.54) is 6.07 Å². The first kappa shape index (κ1) is 13.7. The Kier molecular flexibility index (Phi) is 3.43. The third kappa shape index (κ3) is 2.40. The van der Waals surface area contributed by atoms with Gasteiger partial charge in [-0.15, -0.1) is 0 Å². The molecule has 0 spiro atoms. The Morgan fingerprint density at radius 3 is 2.67 bits per heavy atom. The van der Waals surface area contributed by atoms with Crippen molar-refractivity contribution in [3.8, 4) is 11.3 Å². The predicted octanol–water partition coefficient (Wildman–Crippen LogP) is 4.88. The van der Waals surface area contributed by atoms with Gasteiger partial charge >= 0.3 is 0 Å². The van der Waals surface area contributed by atoms with Gasteiger partial charge in [0.25, 0.3) is 5.69 Å². The van der Waals surface area contributed by atoms with Gasteiger partial charge in [0, 0.05) is 27.6 Å². The second-order valence-corrected chi connectivity index (χ2v) is 5.52. The molecule has 0 aliphatic rings. The molecule has 2 aromatic carbocycles. The molecule has 0 saturated carbocycles. The van der Waals surface area contributed by atoms with Crippen LogP contribution in [0, 0.1) is 17.0 Å². The molecule has 5 heteroatoms. The van der Waals surface area contributed by atoms with Crippen molar-refractivity contribution in [1.82, 2.24) is 4.98 Å². The van der Waals surface area contributed by atoms with Crippen molar-refractivity contribution >= 4 is 32.5 Å². The van der Waals surface area contributed by atoms with E-state index in [1.807, 2.05) is 37.3 Å². The molecule has 104 valence electrons. The number of nitro benzene ring substituents is 1. The molecule has 21 heavy (non-hydrogen) atoms. The topological polar surface area (TPSA) is 56.0 Å². The van der Waals surface area contributed by atoms with Gasteiger partial charge in [-0.2, -0.15) is 0 Å². The number of nitrogens with zero attached hydrogens (tertiary/aromatic N) is 2. The maximum Gasteiger partial charge on any atom is 0.270 e. The fraction of sp³-hybridized carbons (Fsp3) is 0.0625. The smallest absolute Gasteiger partial charge is 0.258 e. The third-order valence-electron chi connectivity index (χ3n) is 3.41. The highest BCUT2D eigenvalue weighted by Gasteiger charge is 2.14. The lowest BCUT2D eigenvalue weighted by Crippen LogP contribution is -1.93. The van der Waals surface area contributed by atoms with Crippen LogP contribution >= 0.6 is 15.9 Å². The largest absolute Gasteiger partial charge is 0.270 e. The summed E-state index contributed by atoms with van der Waals surface area (Å²) in [5.74, 6) is 0. The minimum absolute atomic E-state index is 0.0620. The van der Waals surface area contributed by atoms with Gasteiger partial charge in [-0.3, -0.25) is 10.1 Å². The highest BCUT2D eigenvalue weighted by Crippen LogP contribution is 2.34. The number of nitro groups is 1. The van der Waals surface area contributed by atoms with Crippen LogP contribution in [0.25, 0.3) is 22.2 Å². The monoisotopic (exact) mass is 342 g/mol. The molecule has 0 atom stereocenters. The molecule has 0 radical (unpaired) electrons. The Morgan fingerprint density at radius 1 is 1.14 bits per heavy atom. The lowest BCUT2D eigenvalue weighted by atomic mass is 10.0. The number of aromatic nitrogens is 1. The van der Waals surface area contributed by atoms with E-state index in [-0.39, 0.29) is 5.69 Å². The molecular weight excluding hydrogens is 332 g/mol. The van der Waals surface area contributed by atoms with Crippen molar-refractivity contribution in [2.24, 2.45) is 0 Å². The van der Waals surface area contributed by atoms with Crippen LogP contribution in [-0.4, -0.2) is 9.91 Å². The number of aryl methyl sites for hydroxylation is 1. The second kappa shape index (κ2) is 5.26. The summed E-state index contributed by atoms with van der Waals surface area (Å²) in [5, 5.41) is 12.0. The van der Waals surface area contributed by atoms with Crippen molar-refractivity contribution in [3.05, 3.63) is 68.7 Å². The molecule has 1 aromatic heterocycles. The van der Waals surface area contributed by atoms with Crippen LogP contribution in [0.15, 0.2) is 53.0 Å². The van der Waals surface area contributed by atoms with E-state index in [9.17, 15) is 10.1 Å². The first-order valence-electron chi connectivity index (χ1n) is 6.37. The number of rotatable bonds is 2. The number of para-hydroxylation sites is 1. The second-order valence-electron chi connectivity index (χ2n) is 4.72. The van der Waals surface area contributed by atoms with E-state index in [0.29, 0.717) is 0 Å². The average molecular weight is 343 g/mol. The van der Waals surface area contributed by atoms with Crippen molar-refractivity contribution in [2.45, 2.75) is 6.92 Å². The maximum absolute atomic E-state index is 10.9.